The number of pyridine rings is 1. The van der Waals surface area contributed by atoms with Gasteiger partial charge >= 0.3 is 6.18 Å². The highest BCUT2D eigenvalue weighted by Crippen LogP contribution is 2.34. The van der Waals surface area contributed by atoms with E-state index in [9.17, 15) is 13.2 Å². The number of hydrogen-bond acceptors (Lipinski definition) is 5. The van der Waals surface area contributed by atoms with Gasteiger partial charge in [0.15, 0.2) is 11.5 Å². The van der Waals surface area contributed by atoms with E-state index in [1.165, 1.54) is 6.20 Å². The van der Waals surface area contributed by atoms with Gasteiger partial charge in [-0.2, -0.15) is 18.3 Å². The van der Waals surface area contributed by atoms with E-state index >= 15 is 0 Å². The quantitative estimate of drug-likeness (QED) is 0.540. The maximum Gasteiger partial charge on any atom is 0.408 e. The number of halogens is 3. The summed E-state index contributed by atoms with van der Waals surface area (Å²) >= 11 is 0. The lowest BCUT2D eigenvalue weighted by atomic mass is 10.0. The van der Waals surface area contributed by atoms with E-state index in [0.717, 1.165) is 35.9 Å². The molecule has 156 valence electrons. The summed E-state index contributed by atoms with van der Waals surface area (Å²) < 4.78 is 40.3. The molecule has 0 radical (unpaired) electrons. The van der Waals surface area contributed by atoms with Gasteiger partial charge < -0.3 is 9.88 Å². The van der Waals surface area contributed by atoms with Crippen molar-refractivity contribution in [3.8, 4) is 11.4 Å². The van der Waals surface area contributed by atoms with Crippen LogP contribution in [0.25, 0.3) is 33.5 Å². The third-order valence-electron chi connectivity index (χ3n) is 5.58. The number of rotatable bonds is 3. The molecule has 1 aliphatic heterocycles. The zero-order valence-electron chi connectivity index (χ0n) is 16.3. The Balaban J connectivity index is 1.74. The van der Waals surface area contributed by atoms with Gasteiger partial charge in [0.2, 0.25) is 0 Å². The lowest BCUT2D eigenvalue weighted by Gasteiger charge is -2.34. The molecule has 4 aromatic heterocycles. The maximum atomic E-state index is 13.1. The monoisotopic (exact) mass is 415 g/mol. The summed E-state index contributed by atoms with van der Waals surface area (Å²) in [5.41, 5.74) is 1.58. The summed E-state index contributed by atoms with van der Waals surface area (Å²) in [6.07, 6.45) is 3.60. The topological polar surface area (TPSA) is 75.5 Å². The molecular weight excluding hydrogens is 395 g/mol. The van der Waals surface area contributed by atoms with Crippen molar-refractivity contribution in [2.24, 2.45) is 0 Å². The number of alkyl halides is 3. The van der Waals surface area contributed by atoms with E-state index in [2.05, 4.69) is 31.9 Å². The third kappa shape index (κ3) is 3.25. The first-order valence-corrected chi connectivity index (χ1v) is 9.90. The number of piperidine rings is 1. The molecular formula is C20H20F3N7. The van der Waals surface area contributed by atoms with Crippen LogP contribution in [0, 0.1) is 0 Å². The molecule has 0 aromatic carbocycles. The van der Waals surface area contributed by atoms with Crippen LogP contribution in [0.2, 0.25) is 0 Å². The standard InChI is InChI=1S/C20H20F3N7/c1-12-4-2-3-9-29(12)18-15-10-26-30(11-20(21,22)23)19(15)28-17(27-18)14-6-8-25-16-13(14)5-7-24-16/h5-8,10,12H,2-4,9,11H2,1H3,(H,24,25)/t12-/m1/s1. The molecule has 30 heavy (non-hydrogen) atoms. The van der Waals surface area contributed by atoms with Gasteiger partial charge in [-0.1, -0.05) is 0 Å². The number of nitrogens with zero attached hydrogens (tertiary/aromatic N) is 6. The van der Waals surface area contributed by atoms with E-state index in [4.69, 9.17) is 4.98 Å². The second-order valence-corrected chi connectivity index (χ2v) is 7.66. The first-order chi connectivity index (χ1) is 14.4. The van der Waals surface area contributed by atoms with Gasteiger partial charge in [0.05, 0.1) is 11.6 Å². The molecule has 5 rings (SSSR count). The van der Waals surface area contributed by atoms with E-state index < -0.39 is 12.7 Å². The Bertz CT molecular complexity index is 1210. The van der Waals surface area contributed by atoms with Crippen LogP contribution < -0.4 is 4.90 Å². The zero-order valence-corrected chi connectivity index (χ0v) is 16.3. The molecule has 0 amide bonds. The Morgan fingerprint density at radius 2 is 2.03 bits per heavy atom. The van der Waals surface area contributed by atoms with Crippen molar-refractivity contribution in [3.05, 3.63) is 30.7 Å². The van der Waals surface area contributed by atoms with Crippen molar-refractivity contribution in [2.45, 2.75) is 44.9 Å². The molecule has 1 fully saturated rings. The Hall–Kier alpha value is -3.17. The molecule has 0 aliphatic carbocycles. The lowest BCUT2D eigenvalue weighted by molar-refractivity contribution is -0.141. The van der Waals surface area contributed by atoms with E-state index in [1.54, 1.807) is 18.5 Å². The number of anilines is 1. The Kier molecular flexibility index (Phi) is 4.37. The van der Waals surface area contributed by atoms with Crippen LogP contribution in [0.1, 0.15) is 26.2 Å². The molecule has 0 unspecified atom stereocenters. The summed E-state index contributed by atoms with van der Waals surface area (Å²) in [6.45, 7) is 1.72. The lowest BCUT2D eigenvalue weighted by Crippen LogP contribution is -2.38. The molecule has 5 heterocycles. The molecule has 0 bridgehead atoms. The van der Waals surface area contributed by atoms with Gasteiger partial charge in [0.25, 0.3) is 0 Å². The van der Waals surface area contributed by atoms with Crippen molar-refractivity contribution in [3.63, 3.8) is 0 Å². The number of hydrogen-bond donors (Lipinski definition) is 1. The van der Waals surface area contributed by atoms with Crippen molar-refractivity contribution < 1.29 is 13.2 Å². The first-order valence-electron chi connectivity index (χ1n) is 9.90. The van der Waals surface area contributed by atoms with Crippen molar-refractivity contribution in [2.75, 3.05) is 11.4 Å². The molecule has 7 nitrogen and oxygen atoms in total. The normalized spacial score (nSPS) is 17.9. The van der Waals surface area contributed by atoms with Gasteiger partial charge in [-0.15, -0.1) is 0 Å². The largest absolute Gasteiger partial charge is 0.408 e. The summed E-state index contributed by atoms with van der Waals surface area (Å²) in [5.74, 6) is 1.00. The molecule has 1 saturated heterocycles. The van der Waals surface area contributed by atoms with Crippen LogP contribution in [-0.2, 0) is 6.54 Å². The molecule has 10 heteroatoms. The van der Waals surface area contributed by atoms with E-state index in [-0.39, 0.29) is 11.7 Å². The average molecular weight is 415 g/mol. The predicted octanol–water partition coefficient (Wildman–Crippen LogP) is 4.31. The van der Waals surface area contributed by atoms with Crippen molar-refractivity contribution >= 4 is 27.9 Å². The first kappa shape index (κ1) is 18.8. The minimum atomic E-state index is -4.40. The SMILES string of the molecule is C[C@@H]1CCCCN1c1nc(-c2ccnc3[nH]ccc23)nc2c1cnn2CC(F)(F)F. The summed E-state index contributed by atoms with van der Waals surface area (Å²) in [6, 6.07) is 3.88. The van der Waals surface area contributed by atoms with E-state index in [1.807, 2.05) is 6.07 Å². The van der Waals surface area contributed by atoms with Crippen LogP contribution in [0.4, 0.5) is 19.0 Å². The predicted molar refractivity (Wildman–Crippen MR) is 107 cm³/mol. The molecule has 0 saturated carbocycles. The van der Waals surface area contributed by atoms with Crippen LogP contribution in [-0.4, -0.2) is 48.5 Å². The summed E-state index contributed by atoms with van der Waals surface area (Å²) in [4.78, 5) is 18.8. The number of fused-ring (bicyclic) bond motifs is 2. The Labute approximate surface area is 169 Å². The van der Waals surface area contributed by atoms with Gasteiger partial charge in [-0.05, 0) is 38.3 Å². The van der Waals surface area contributed by atoms with Crippen LogP contribution >= 0.6 is 0 Å². The van der Waals surface area contributed by atoms with Crippen LogP contribution in [0.15, 0.2) is 30.7 Å². The minimum Gasteiger partial charge on any atom is -0.353 e. The second-order valence-electron chi connectivity index (χ2n) is 7.66. The number of aromatic amines is 1. The smallest absolute Gasteiger partial charge is 0.353 e. The fourth-order valence-electron chi connectivity index (χ4n) is 4.13. The maximum absolute atomic E-state index is 13.1. The highest BCUT2D eigenvalue weighted by atomic mass is 19.4. The highest BCUT2D eigenvalue weighted by molar-refractivity contribution is 5.94. The van der Waals surface area contributed by atoms with Gasteiger partial charge in [0.1, 0.15) is 18.0 Å². The van der Waals surface area contributed by atoms with Crippen molar-refractivity contribution in [1.82, 2.24) is 29.7 Å². The van der Waals surface area contributed by atoms with Crippen LogP contribution in [0.3, 0.4) is 0 Å². The second kappa shape index (κ2) is 6.96. The van der Waals surface area contributed by atoms with Crippen molar-refractivity contribution in [1.29, 1.82) is 0 Å². The average Bonchev–Trinajstić information content (AvgIpc) is 3.34. The minimum absolute atomic E-state index is 0.186. The fourth-order valence-corrected chi connectivity index (χ4v) is 4.13. The molecule has 1 aliphatic rings. The summed E-state index contributed by atoms with van der Waals surface area (Å²) in [7, 11) is 0. The van der Waals surface area contributed by atoms with E-state index in [0.29, 0.717) is 28.2 Å². The Morgan fingerprint density at radius 3 is 2.83 bits per heavy atom. The summed E-state index contributed by atoms with van der Waals surface area (Å²) in [5, 5.41) is 5.35. The molecule has 4 aromatic rings. The zero-order chi connectivity index (χ0) is 20.9. The third-order valence-corrected chi connectivity index (χ3v) is 5.58. The van der Waals surface area contributed by atoms with Crippen LogP contribution in [0.5, 0.6) is 0 Å². The number of aromatic nitrogens is 6. The fraction of sp³-hybridized carbons (Fsp3) is 0.400. The highest BCUT2D eigenvalue weighted by Gasteiger charge is 2.31. The van der Waals surface area contributed by atoms with Gasteiger partial charge in [-0.25, -0.2) is 19.6 Å². The van der Waals surface area contributed by atoms with Gasteiger partial charge in [-0.3, -0.25) is 0 Å². The number of H-pyrrole nitrogens is 1. The molecule has 0 spiro atoms. The molecule has 1 N–H and O–H groups in total. The Morgan fingerprint density at radius 1 is 1.17 bits per heavy atom. The van der Waals surface area contributed by atoms with Gasteiger partial charge in [0, 0.05) is 35.9 Å². The number of nitrogens with one attached hydrogen (secondary N) is 1. The molecule has 1 atom stereocenters.